The maximum Gasteiger partial charge on any atom is 0.0549 e. The number of nitrogens with zero attached hydrogens (tertiary/aromatic N) is 3. The Hall–Kier alpha value is -7.62. The summed E-state index contributed by atoms with van der Waals surface area (Å²) in [5.74, 6) is 0. The molecule has 57 heavy (non-hydrogen) atoms. The molecule has 3 aromatic heterocycles. The van der Waals surface area contributed by atoms with E-state index in [1.807, 2.05) is 0 Å². The van der Waals surface area contributed by atoms with Crippen LogP contribution in [-0.2, 0) is 0 Å². The fourth-order valence-corrected chi connectivity index (χ4v) is 9.56. The number of para-hydroxylation sites is 6. The van der Waals surface area contributed by atoms with E-state index >= 15 is 0 Å². The third-order valence-corrected chi connectivity index (χ3v) is 11.8. The minimum Gasteiger partial charge on any atom is -0.309 e. The summed E-state index contributed by atoms with van der Waals surface area (Å²) in [6.45, 7) is 0. The van der Waals surface area contributed by atoms with Crippen molar-refractivity contribution in [2.45, 2.75) is 0 Å². The van der Waals surface area contributed by atoms with Crippen LogP contribution in [0.2, 0.25) is 0 Å². The van der Waals surface area contributed by atoms with Gasteiger partial charge in [-0.1, -0.05) is 152 Å². The van der Waals surface area contributed by atoms with Crippen LogP contribution in [0.5, 0.6) is 0 Å². The molecule has 0 amide bonds. The number of hydrogen-bond donors (Lipinski definition) is 0. The van der Waals surface area contributed by atoms with E-state index < -0.39 is 0 Å². The molecule has 3 heteroatoms. The van der Waals surface area contributed by atoms with E-state index in [9.17, 15) is 0 Å². The number of benzene rings is 9. The molecule has 0 aliphatic carbocycles. The van der Waals surface area contributed by atoms with Crippen LogP contribution < -0.4 is 0 Å². The van der Waals surface area contributed by atoms with Crippen molar-refractivity contribution >= 4 is 65.4 Å². The second-order valence-electron chi connectivity index (χ2n) is 14.8. The van der Waals surface area contributed by atoms with Crippen molar-refractivity contribution in [1.82, 2.24) is 13.7 Å². The maximum atomic E-state index is 2.50. The van der Waals surface area contributed by atoms with Gasteiger partial charge in [0.25, 0.3) is 0 Å². The van der Waals surface area contributed by atoms with Crippen LogP contribution in [0, 0.1) is 0 Å². The number of rotatable bonds is 5. The van der Waals surface area contributed by atoms with Crippen LogP contribution in [0.1, 0.15) is 0 Å². The van der Waals surface area contributed by atoms with E-state index in [2.05, 4.69) is 226 Å². The molecule has 3 nitrogen and oxygen atoms in total. The Bertz CT molecular complexity index is 3510. The molecule has 0 aliphatic heterocycles. The minimum absolute atomic E-state index is 1.16. The van der Waals surface area contributed by atoms with Crippen molar-refractivity contribution in [3.63, 3.8) is 0 Å². The molecule has 266 valence electrons. The van der Waals surface area contributed by atoms with Gasteiger partial charge in [0.15, 0.2) is 0 Å². The zero-order chi connectivity index (χ0) is 37.5. The molecular formula is C54H35N3. The quantitative estimate of drug-likeness (QED) is 0.168. The lowest BCUT2D eigenvalue weighted by atomic mass is 9.97. The third kappa shape index (κ3) is 4.60. The van der Waals surface area contributed by atoms with E-state index in [4.69, 9.17) is 0 Å². The Kier molecular flexibility index (Phi) is 6.93. The van der Waals surface area contributed by atoms with E-state index in [1.165, 1.54) is 93.4 Å². The van der Waals surface area contributed by atoms with Crippen molar-refractivity contribution in [3.05, 3.63) is 212 Å². The topological polar surface area (TPSA) is 14.8 Å². The van der Waals surface area contributed by atoms with Crippen molar-refractivity contribution in [3.8, 4) is 39.3 Å². The molecule has 0 radical (unpaired) electrons. The smallest absolute Gasteiger partial charge is 0.0549 e. The molecule has 0 spiro atoms. The molecule has 0 atom stereocenters. The molecule has 0 N–H and O–H groups in total. The SMILES string of the molecule is c1ccc(-c2ccccc2-n2c3ccccc3c3c4c5ccccc5n(-c5ccccc5-c5cccc6c5c5ccccc5n6-c5ccccc5)c4ccc32)cc1. The van der Waals surface area contributed by atoms with Crippen LogP contribution >= 0.6 is 0 Å². The Morgan fingerprint density at radius 1 is 0.228 bits per heavy atom. The first-order valence-corrected chi connectivity index (χ1v) is 19.6. The highest BCUT2D eigenvalue weighted by Crippen LogP contribution is 2.46. The Labute approximate surface area is 329 Å². The first kappa shape index (κ1) is 31.7. The van der Waals surface area contributed by atoms with Crippen LogP contribution in [-0.4, -0.2) is 13.7 Å². The summed E-state index contributed by atoms with van der Waals surface area (Å²) < 4.78 is 7.37. The predicted octanol–water partition coefficient (Wildman–Crippen LogP) is 14.3. The summed E-state index contributed by atoms with van der Waals surface area (Å²) >= 11 is 0. The normalized spacial score (nSPS) is 11.9. The molecule has 3 heterocycles. The van der Waals surface area contributed by atoms with Crippen molar-refractivity contribution in [2.75, 3.05) is 0 Å². The second-order valence-corrected chi connectivity index (χ2v) is 14.8. The standard InChI is InChI=1S/C54H35N3/c1-3-18-36(19-4-1)38-22-7-12-28-44(38)56-47-31-15-10-25-42(47)53-50(56)34-35-51-54(53)43-26-11-16-32-48(43)57(51)45-29-13-8-23-39(45)40-27-17-33-49-52(40)41-24-9-14-30-46(41)55(49)37-20-5-2-6-21-37/h1-35H. The molecule has 0 saturated carbocycles. The van der Waals surface area contributed by atoms with Crippen LogP contribution in [0.25, 0.3) is 105 Å². The molecule has 0 unspecified atom stereocenters. The number of aromatic nitrogens is 3. The van der Waals surface area contributed by atoms with Crippen LogP contribution in [0.3, 0.4) is 0 Å². The fourth-order valence-electron chi connectivity index (χ4n) is 9.56. The Morgan fingerprint density at radius 2 is 0.632 bits per heavy atom. The average Bonchev–Trinajstić information content (AvgIpc) is 3.93. The summed E-state index contributed by atoms with van der Waals surface area (Å²) in [6.07, 6.45) is 0. The Balaban J connectivity index is 1.17. The van der Waals surface area contributed by atoms with E-state index in [0.29, 0.717) is 0 Å². The van der Waals surface area contributed by atoms with Crippen molar-refractivity contribution < 1.29 is 0 Å². The largest absolute Gasteiger partial charge is 0.309 e. The van der Waals surface area contributed by atoms with Gasteiger partial charge in [-0.2, -0.15) is 0 Å². The van der Waals surface area contributed by atoms with Crippen LogP contribution in [0.4, 0.5) is 0 Å². The zero-order valence-corrected chi connectivity index (χ0v) is 31.0. The maximum absolute atomic E-state index is 2.50. The van der Waals surface area contributed by atoms with E-state index in [0.717, 1.165) is 11.4 Å². The summed E-state index contributed by atoms with van der Waals surface area (Å²) in [6, 6.07) is 77.3. The van der Waals surface area contributed by atoms with Crippen molar-refractivity contribution in [2.24, 2.45) is 0 Å². The van der Waals surface area contributed by atoms with Gasteiger partial charge in [0.2, 0.25) is 0 Å². The highest BCUT2D eigenvalue weighted by Gasteiger charge is 2.24. The lowest BCUT2D eigenvalue weighted by molar-refractivity contribution is 1.17. The lowest BCUT2D eigenvalue weighted by Gasteiger charge is -2.16. The monoisotopic (exact) mass is 725 g/mol. The second kappa shape index (κ2) is 12.5. The molecule has 12 rings (SSSR count). The van der Waals surface area contributed by atoms with Gasteiger partial charge in [0, 0.05) is 49.1 Å². The van der Waals surface area contributed by atoms with Gasteiger partial charge in [-0.3, -0.25) is 0 Å². The molecule has 0 saturated heterocycles. The van der Waals surface area contributed by atoms with E-state index in [1.54, 1.807) is 0 Å². The summed E-state index contributed by atoms with van der Waals surface area (Å²) in [5, 5.41) is 7.53. The summed E-state index contributed by atoms with van der Waals surface area (Å²) in [7, 11) is 0. The molecule has 0 aliphatic rings. The van der Waals surface area contributed by atoms with Gasteiger partial charge >= 0.3 is 0 Å². The average molecular weight is 726 g/mol. The van der Waals surface area contributed by atoms with Crippen molar-refractivity contribution in [1.29, 1.82) is 0 Å². The predicted molar refractivity (Wildman–Crippen MR) is 240 cm³/mol. The van der Waals surface area contributed by atoms with Gasteiger partial charge in [0.05, 0.1) is 44.5 Å². The van der Waals surface area contributed by atoms with Gasteiger partial charge in [-0.25, -0.2) is 0 Å². The van der Waals surface area contributed by atoms with Crippen LogP contribution in [0.15, 0.2) is 212 Å². The van der Waals surface area contributed by atoms with E-state index in [-0.39, 0.29) is 0 Å². The van der Waals surface area contributed by atoms with Gasteiger partial charge in [-0.15, -0.1) is 0 Å². The van der Waals surface area contributed by atoms with Gasteiger partial charge in [-0.05, 0) is 71.8 Å². The minimum atomic E-state index is 1.16. The number of hydrogen-bond acceptors (Lipinski definition) is 0. The summed E-state index contributed by atoms with van der Waals surface area (Å²) in [4.78, 5) is 0. The number of fused-ring (bicyclic) bond motifs is 10. The van der Waals surface area contributed by atoms with Gasteiger partial charge in [0.1, 0.15) is 0 Å². The molecule has 0 bridgehead atoms. The molecule has 0 fully saturated rings. The molecular weight excluding hydrogens is 691 g/mol. The first-order chi connectivity index (χ1) is 28.3. The Morgan fingerprint density at radius 3 is 1.25 bits per heavy atom. The fraction of sp³-hybridized carbons (Fsp3) is 0. The first-order valence-electron chi connectivity index (χ1n) is 19.6. The zero-order valence-electron chi connectivity index (χ0n) is 31.0. The molecule has 12 aromatic rings. The third-order valence-electron chi connectivity index (χ3n) is 11.8. The lowest BCUT2D eigenvalue weighted by Crippen LogP contribution is -1.98. The highest BCUT2D eigenvalue weighted by molar-refractivity contribution is 6.29. The van der Waals surface area contributed by atoms with Gasteiger partial charge < -0.3 is 13.7 Å². The highest BCUT2D eigenvalue weighted by atomic mass is 15.0. The molecule has 9 aromatic carbocycles. The summed E-state index contributed by atoms with van der Waals surface area (Å²) in [5.41, 5.74) is 15.5.